The highest BCUT2D eigenvalue weighted by Gasteiger charge is 2.20. The van der Waals surface area contributed by atoms with Gasteiger partial charge in [-0.15, -0.1) is 0 Å². The van der Waals surface area contributed by atoms with Crippen LogP contribution in [0.2, 0.25) is 0 Å². The average Bonchev–Trinajstić information content (AvgIpc) is 2.34. The molecule has 0 spiro atoms. The van der Waals surface area contributed by atoms with Gasteiger partial charge in [0.25, 0.3) is 0 Å². The van der Waals surface area contributed by atoms with E-state index in [1.54, 1.807) is 0 Å². The number of benzene rings is 1. The Balaban J connectivity index is 2.97. The molecular formula is C10H13FN4O2. The zero-order chi connectivity index (χ0) is 12.8. The van der Waals surface area contributed by atoms with Gasteiger partial charge in [-0.3, -0.25) is 0 Å². The van der Waals surface area contributed by atoms with Crippen LogP contribution < -0.4 is 5.73 Å². The molecule has 0 aliphatic rings. The molecular weight excluding hydrogens is 227 g/mol. The number of nitrogens with two attached hydrogens (primary N) is 1. The van der Waals surface area contributed by atoms with Crippen LogP contribution in [0.1, 0.15) is 17.2 Å². The Morgan fingerprint density at radius 3 is 2.76 bits per heavy atom. The first kappa shape index (κ1) is 13.4. The summed E-state index contributed by atoms with van der Waals surface area (Å²) < 4.78 is 13.0. The molecule has 0 radical (unpaired) electrons. The van der Waals surface area contributed by atoms with Gasteiger partial charge >= 0.3 is 0 Å². The second kappa shape index (κ2) is 6.17. The summed E-state index contributed by atoms with van der Waals surface area (Å²) >= 11 is 0. The number of rotatable bonds is 5. The SMILES string of the molecule is [N-]=[N+]=NCC(O)C(O)c1cc(F)ccc1CN. The highest BCUT2D eigenvalue weighted by molar-refractivity contribution is 5.30. The van der Waals surface area contributed by atoms with Crippen molar-refractivity contribution in [2.45, 2.75) is 18.8 Å². The van der Waals surface area contributed by atoms with Crippen LogP contribution in [0, 0.1) is 5.82 Å². The van der Waals surface area contributed by atoms with Gasteiger partial charge in [-0.05, 0) is 28.8 Å². The van der Waals surface area contributed by atoms with Crippen molar-refractivity contribution in [3.05, 3.63) is 45.6 Å². The second-order valence-electron chi connectivity index (χ2n) is 3.47. The molecule has 0 aromatic heterocycles. The summed E-state index contributed by atoms with van der Waals surface area (Å²) in [7, 11) is 0. The van der Waals surface area contributed by atoms with E-state index in [-0.39, 0.29) is 18.7 Å². The van der Waals surface area contributed by atoms with E-state index in [1.807, 2.05) is 0 Å². The minimum atomic E-state index is -1.34. The van der Waals surface area contributed by atoms with E-state index in [2.05, 4.69) is 10.0 Å². The van der Waals surface area contributed by atoms with E-state index in [0.717, 1.165) is 6.07 Å². The lowest BCUT2D eigenvalue weighted by Gasteiger charge is -2.19. The lowest BCUT2D eigenvalue weighted by atomic mass is 9.98. The number of halogens is 1. The first-order valence-electron chi connectivity index (χ1n) is 4.95. The Labute approximate surface area is 97.1 Å². The Morgan fingerprint density at radius 2 is 2.18 bits per heavy atom. The molecule has 1 aromatic carbocycles. The molecule has 17 heavy (non-hydrogen) atoms. The lowest BCUT2D eigenvalue weighted by Crippen LogP contribution is -2.23. The molecule has 0 heterocycles. The highest BCUT2D eigenvalue weighted by atomic mass is 19.1. The number of azide groups is 1. The van der Waals surface area contributed by atoms with Crippen LogP contribution in [-0.2, 0) is 6.54 Å². The van der Waals surface area contributed by atoms with Gasteiger partial charge in [-0.1, -0.05) is 11.2 Å². The Bertz CT molecular complexity index is 434. The van der Waals surface area contributed by atoms with Crippen molar-refractivity contribution in [2.24, 2.45) is 10.8 Å². The van der Waals surface area contributed by atoms with Crippen molar-refractivity contribution >= 4 is 0 Å². The van der Waals surface area contributed by atoms with Gasteiger partial charge in [-0.25, -0.2) is 4.39 Å². The van der Waals surface area contributed by atoms with Crippen LogP contribution in [0.25, 0.3) is 10.4 Å². The maximum absolute atomic E-state index is 13.0. The minimum Gasteiger partial charge on any atom is -0.390 e. The Hall–Kier alpha value is -1.66. The van der Waals surface area contributed by atoms with Gasteiger partial charge < -0.3 is 15.9 Å². The van der Waals surface area contributed by atoms with Gasteiger partial charge in [0.15, 0.2) is 0 Å². The standard InChI is InChI=1S/C10H13FN4O2/c11-7-2-1-6(4-12)8(3-7)10(17)9(16)5-14-15-13/h1-3,9-10,16-17H,4-5,12H2. The van der Waals surface area contributed by atoms with Crippen LogP contribution in [0.3, 0.4) is 0 Å². The van der Waals surface area contributed by atoms with Gasteiger partial charge in [0, 0.05) is 11.5 Å². The molecule has 6 nitrogen and oxygen atoms in total. The molecule has 2 unspecified atom stereocenters. The predicted octanol–water partition coefficient (Wildman–Crippen LogP) is 0.989. The molecule has 1 rings (SSSR count). The van der Waals surface area contributed by atoms with E-state index in [1.165, 1.54) is 12.1 Å². The zero-order valence-corrected chi connectivity index (χ0v) is 8.99. The summed E-state index contributed by atoms with van der Waals surface area (Å²) in [6.45, 7) is -0.181. The monoisotopic (exact) mass is 240 g/mol. The first-order chi connectivity index (χ1) is 8.10. The lowest BCUT2D eigenvalue weighted by molar-refractivity contribution is 0.0237. The summed E-state index contributed by atoms with van der Waals surface area (Å²) in [6.07, 6.45) is -2.63. The number of hydrogen-bond donors (Lipinski definition) is 3. The van der Waals surface area contributed by atoms with Gasteiger partial charge in [0.2, 0.25) is 0 Å². The molecule has 4 N–H and O–H groups in total. The first-order valence-corrected chi connectivity index (χ1v) is 4.95. The van der Waals surface area contributed by atoms with Crippen molar-refractivity contribution in [3.8, 4) is 0 Å². The molecule has 0 aliphatic heterocycles. The van der Waals surface area contributed by atoms with Crippen LogP contribution >= 0.6 is 0 Å². The molecule has 2 atom stereocenters. The summed E-state index contributed by atoms with van der Waals surface area (Å²) in [5, 5.41) is 22.5. The van der Waals surface area contributed by atoms with Crippen molar-refractivity contribution in [1.82, 2.24) is 0 Å². The zero-order valence-electron chi connectivity index (χ0n) is 8.99. The van der Waals surface area contributed by atoms with Crippen molar-refractivity contribution < 1.29 is 14.6 Å². The fourth-order valence-electron chi connectivity index (χ4n) is 1.45. The smallest absolute Gasteiger partial charge is 0.123 e. The van der Waals surface area contributed by atoms with Crippen LogP contribution in [0.15, 0.2) is 23.3 Å². The molecule has 0 amide bonds. The van der Waals surface area contributed by atoms with Gasteiger partial charge in [0.05, 0.1) is 12.6 Å². The average molecular weight is 240 g/mol. The summed E-state index contributed by atoms with van der Waals surface area (Å²) in [4.78, 5) is 2.47. The number of aliphatic hydroxyl groups excluding tert-OH is 2. The van der Waals surface area contributed by atoms with Gasteiger partial charge in [0.1, 0.15) is 11.9 Å². The van der Waals surface area contributed by atoms with Gasteiger partial charge in [-0.2, -0.15) is 0 Å². The normalized spacial score (nSPS) is 13.9. The summed E-state index contributed by atoms with van der Waals surface area (Å²) in [6, 6.07) is 3.76. The van der Waals surface area contributed by atoms with Crippen LogP contribution in [0.4, 0.5) is 4.39 Å². The molecule has 0 fully saturated rings. The Kier molecular flexibility index (Phi) is 4.86. The predicted molar refractivity (Wildman–Crippen MR) is 59.3 cm³/mol. The van der Waals surface area contributed by atoms with E-state index < -0.39 is 18.0 Å². The van der Waals surface area contributed by atoms with E-state index in [0.29, 0.717) is 5.56 Å². The quantitative estimate of drug-likeness (QED) is 0.405. The molecule has 92 valence electrons. The third-order valence-corrected chi connectivity index (χ3v) is 2.34. The maximum Gasteiger partial charge on any atom is 0.123 e. The largest absolute Gasteiger partial charge is 0.390 e. The van der Waals surface area contributed by atoms with E-state index >= 15 is 0 Å². The number of hydrogen-bond acceptors (Lipinski definition) is 4. The van der Waals surface area contributed by atoms with E-state index in [4.69, 9.17) is 11.3 Å². The molecule has 0 aliphatic carbocycles. The molecule has 0 saturated heterocycles. The molecule has 0 saturated carbocycles. The molecule has 0 bridgehead atoms. The number of nitrogens with zero attached hydrogens (tertiary/aromatic N) is 3. The maximum atomic E-state index is 13.0. The Morgan fingerprint density at radius 1 is 1.47 bits per heavy atom. The van der Waals surface area contributed by atoms with Crippen molar-refractivity contribution in [2.75, 3.05) is 6.54 Å². The van der Waals surface area contributed by atoms with Crippen LogP contribution in [-0.4, -0.2) is 22.9 Å². The molecule has 7 heteroatoms. The topological polar surface area (TPSA) is 115 Å². The highest BCUT2D eigenvalue weighted by Crippen LogP contribution is 2.22. The summed E-state index contributed by atoms with van der Waals surface area (Å²) in [5.74, 6) is -0.535. The third kappa shape index (κ3) is 3.40. The van der Waals surface area contributed by atoms with Crippen molar-refractivity contribution in [1.29, 1.82) is 0 Å². The second-order valence-corrected chi connectivity index (χ2v) is 3.47. The van der Waals surface area contributed by atoms with Crippen LogP contribution in [0.5, 0.6) is 0 Å². The number of aliphatic hydroxyl groups is 2. The van der Waals surface area contributed by atoms with E-state index in [9.17, 15) is 14.6 Å². The fraction of sp³-hybridized carbons (Fsp3) is 0.400. The fourth-order valence-corrected chi connectivity index (χ4v) is 1.45. The molecule has 1 aromatic rings. The third-order valence-electron chi connectivity index (χ3n) is 2.34. The minimum absolute atomic E-state index is 0.112. The van der Waals surface area contributed by atoms with Crippen molar-refractivity contribution in [3.63, 3.8) is 0 Å². The summed E-state index contributed by atoms with van der Waals surface area (Å²) in [5.41, 5.74) is 14.3.